The molecule has 7 heteroatoms. The highest BCUT2D eigenvalue weighted by atomic mass is 16.2. The number of hydrogen-bond donors (Lipinski definition) is 2. The quantitative estimate of drug-likeness (QED) is 0.758. The first kappa shape index (κ1) is 13.7. The summed E-state index contributed by atoms with van der Waals surface area (Å²) in [5.74, 6) is -0.470. The molecular weight excluding hydrogens is 282 g/mol. The van der Waals surface area contributed by atoms with E-state index in [0.717, 1.165) is 5.56 Å². The van der Waals surface area contributed by atoms with Crippen molar-refractivity contribution >= 4 is 11.6 Å². The Morgan fingerprint density at radius 3 is 2.95 bits per heavy atom. The lowest BCUT2D eigenvalue weighted by Crippen LogP contribution is -2.22. The molecule has 1 amide bonds. The zero-order valence-corrected chi connectivity index (χ0v) is 11.6. The monoisotopic (exact) mass is 295 g/mol. The average molecular weight is 295 g/mol. The molecular formula is C15H13N5O2. The summed E-state index contributed by atoms with van der Waals surface area (Å²) in [5.41, 5.74) is 1.16. The van der Waals surface area contributed by atoms with Gasteiger partial charge in [-0.2, -0.15) is 5.10 Å². The highest BCUT2D eigenvalue weighted by molar-refractivity contribution is 6.03. The van der Waals surface area contributed by atoms with E-state index in [-0.39, 0.29) is 5.56 Å². The van der Waals surface area contributed by atoms with E-state index in [2.05, 4.69) is 20.4 Å². The van der Waals surface area contributed by atoms with Crippen molar-refractivity contribution in [3.05, 3.63) is 76.7 Å². The second kappa shape index (κ2) is 6.04. The summed E-state index contributed by atoms with van der Waals surface area (Å²) in [6.07, 6.45) is 8.16. The minimum absolute atomic E-state index is 0.0579. The van der Waals surface area contributed by atoms with Crippen LogP contribution in [0.2, 0.25) is 0 Å². The smallest absolute Gasteiger partial charge is 0.261 e. The summed E-state index contributed by atoms with van der Waals surface area (Å²) in [6.45, 7) is 0.551. The minimum Gasteiger partial charge on any atom is -0.328 e. The Kier molecular flexibility index (Phi) is 3.78. The first-order chi connectivity index (χ1) is 10.7. The Morgan fingerprint density at radius 1 is 1.27 bits per heavy atom. The first-order valence-corrected chi connectivity index (χ1v) is 6.63. The molecule has 0 radical (unpaired) electrons. The van der Waals surface area contributed by atoms with Gasteiger partial charge in [0.15, 0.2) is 0 Å². The third-order valence-electron chi connectivity index (χ3n) is 3.02. The van der Waals surface area contributed by atoms with Crippen LogP contribution >= 0.6 is 0 Å². The summed E-state index contributed by atoms with van der Waals surface area (Å²) in [7, 11) is 0. The molecule has 0 aliphatic heterocycles. The molecule has 0 saturated heterocycles. The summed E-state index contributed by atoms with van der Waals surface area (Å²) < 4.78 is 1.68. The molecule has 0 atom stereocenters. The molecule has 3 rings (SSSR count). The predicted molar refractivity (Wildman–Crippen MR) is 80.6 cm³/mol. The van der Waals surface area contributed by atoms with Gasteiger partial charge in [-0.1, -0.05) is 6.07 Å². The molecule has 0 spiro atoms. The van der Waals surface area contributed by atoms with Crippen LogP contribution in [0, 0.1) is 0 Å². The third kappa shape index (κ3) is 3.09. The van der Waals surface area contributed by atoms with Gasteiger partial charge in [0.25, 0.3) is 11.5 Å². The molecule has 0 aromatic carbocycles. The number of carbonyl (C=O) groups excluding carboxylic acids is 1. The van der Waals surface area contributed by atoms with Crippen LogP contribution in [0.3, 0.4) is 0 Å². The Bertz CT molecular complexity index is 838. The van der Waals surface area contributed by atoms with Crippen LogP contribution in [-0.2, 0) is 6.54 Å². The van der Waals surface area contributed by atoms with E-state index in [1.54, 1.807) is 29.3 Å². The fraction of sp³-hybridized carbons (Fsp3) is 0.0667. The number of H-pyrrole nitrogens is 1. The van der Waals surface area contributed by atoms with E-state index >= 15 is 0 Å². The van der Waals surface area contributed by atoms with Gasteiger partial charge in [-0.05, 0) is 23.8 Å². The van der Waals surface area contributed by atoms with Gasteiger partial charge in [0.1, 0.15) is 5.56 Å². The Labute approximate surface area is 125 Å². The van der Waals surface area contributed by atoms with Gasteiger partial charge in [0.2, 0.25) is 0 Å². The Morgan fingerprint density at radius 2 is 2.18 bits per heavy atom. The molecule has 3 heterocycles. The van der Waals surface area contributed by atoms with Crippen LogP contribution in [0.25, 0.3) is 0 Å². The number of carbonyl (C=O) groups is 1. The fourth-order valence-corrected chi connectivity index (χ4v) is 1.99. The lowest BCUT2D eigenvalue weighted by Gasteiger charge is -2.02. The number of aromatic amines is 1. The van der Waals surface area contributed by atoms with Gasteiger partial charge in [0.05, 0.1) is 18.4 Å². The van der Waals surface area contributed by atoms with Crippen LogP contribution < -0.4 is 10.9 Å². The fourth-order valence-electron chi connectivity index (χ4n) is 1.99. The van der Waals surface area contributed by atoms with Crippen LogP contribution in [0.1, 0.15) is 15.9 Å². The van der Waals surface area contributed by atoms with E-state index in [9.17, 15) is 9.59 Å². The molecule has 7 nitrogen and oxygen atoms in total. The average Bonchev–Trinajstić information content (AvgIpc) is 2.95. The first-order valence-electron chi connectivity index (χ1n) is 6.63. The zero-order chi connectivity index (χ0) is 15.4. The highest BCUT2D eigenvalue weighted by Crippen LogP contribution is 2.08. The van der Waals surface area contributed by atoms with E-state index < -0.39 is 11.5 Å². The SMILES string of the molecule is O=C(Nc1cnn(Cc2cccnc2)c1)c1ccc[nH]c1=O. The van der Waals surface area contributed by atoms with Crippen molar-refractivity contribution in [2.45, 2.75) is 6.54 Å². The van der Waals surface area contributed by atoms with Gasteiger partial charge in [-0.3, -0.25) is 19.3 Å². The van der Waals surface area contributed by atoms with Gasteiger partial charge in [0, 0.05) is 24.8 Å². The zero-order valence-electron chi connectivity index (χ0n) is 11.6. The van der Waals surface area contributed by atoms with Gasteiger partial charge >= 0.3 is 0 Å². The molecule has 3 aromatic heterocycles. The normalized spacial score (nSPS) is 10.4. The lowest BCUT2D eigenvalue weighted by molar-refractivity contribution is 0.102. The van der Waals surface area contributed by atoms with E-state index in [1.807, 2.05) is 12.1 Å². The Hall–Kier alpha value is -3.22. The maximum absolute atomic E-state index is 12.0. The van der Waals surface area contributed by atoms with Gasteiger partial charge in [-0.15, -0.1) is 0 Å². The summed E-state index contributed by atoms with van der Waals surface area (Å²) in [5, 5.41) is 6.82. The molecule has 0 bridgehead atoms. The second-order valence-electron chi connectivity index (χ2n) is 4.65. The van der Waals surface area contributed by atoms with Crippen LogP contribution in [-0.4, -0.2) is 25.7 Å². The van der Waals surface area contributed by atoms with Crippen molar-refractivity contribution in [1.82, 2.24) is 19.7 Å². The summed E-state index contributed by atoms with van der Waals surface area (Å²) in [6, 6.07) is 6.86. The van der Waals surface area contributed by atoms with Crippen molar-refractivity contribution in [2.75, 3.05) is 5.32 Å². The molecule has 22 heavy (non-hydrogen) atoms. The number of amides is 1. The van der Waals surface area contributed by atoms with Crippen molar-refractivity contribution in [3.63, 3.8) is 0 Å². The minimum atomic E-state index is -0.470. The van der Waals surface area contributed by atoms with Crippen LogP contribution in [0.15, 0.2) is 60.0 Å². The molecule has 0 aliphatic carbocycles. The predicted octanol–water partition coefficient (Wildman–Crippen LogP) is 1.27. The molecule has 0 aliphatic rings. The maximum Gasteiger partial charge on any atom is 0.261 e. The molecule has 0 unspecified atom stereocenters. The Balaban J connectivity index is 1.71. The van der Waals surface area contributed by atoms with Crippen molar-refractivity contribution in [2.24, 2.45) is 0 Å². The van der Waals surface area contributed by atoms with Crippen LogP contribution in [0.5, 0.6) is 0 Å². The summed E-state index contributed by atoms with van der Waals surface area (Å²) in [4.78, 5) is 30.1. The molecule has 3 aromatic rings. The van der Waals surface area contributed by atoms with Gasteiger partial charge in [-0.25, -0.2) is 0 Å². The largest absolute Gasteiger partial charge is 0.328 e. The number of aromatic nitrogens is 4. The number of nitrogens with zero attached hydrogens (tertiary/aromatic N) is 3. The van der Waals surface area contributed by atoms with E-state index in [0.29, 0.717) is 12.2 Å². The summed E-state index contributed by atoms with van der Waals surface area (Å²) >= 11 is 0. The van der Waals surface area contributed by atoms with Crippen molar-refractivity contribution in [1.29, 1.82) is 0 Å². The highest BCUT2D eigenvalue weighted by Gasteiger charge is 2.10. The molecule has 0 fully saturated rings. The standard InChI is InChI=1S/C15H13N5O2/c21-14-13(4-2-6-17-14)15(22)19-12-8-18-20(10-12)9-11-3-1-5-16-7-11/h1-8,10H,9H2,(H,17,21)(H,19,22). The van der Waals surface area contributed by atoms with Gasteiger partial charge < -0.3 is 10.3 Å². The molecule has 2 N–H and O–H groups in total. The van der Waals surface area contributed by atoms with E-state index in [1.165, 1.54) is 18.5 Å². The number of pyridine rings is 2. The number of nitrogens with one attached hydrogen (secondary N) is 2. The number of anilines is 1. The van der Waals surface area contributed by atoms with E-state index in [4.69, 9.17) is 0 Å². The topological polar surface area (TPSA) is 92.7 Å². The van der Waals surface area contributed by atoms with Crippen molar-refractivity contribution < 1.29 is 4.79 Å². The number of rotatable bonds is 4. The maximum atomic E-state index is 12.0. The third-order valence-corrected chi connectivity index (χ3v) is 3.02. The second-order valence-corrected chi connectivity index (χ2v) is 4.65. The van der Waals surface area contributed by atoms with Crippen LogP contribution in [0.4, 0.5) is 5.69 Å². The number of hydrogen-bond acceptors (Lipinski definition) is 4. The molecule has 0 saturated carbocycles. The molecule has 110 valence electrons. The lowest BCUT2D eigenvalue weighted by atomic mass is 10.2. The van der Waals surface area contributed by atoms with Crippen molar-refractivity contribution in [3.8, 4) is 0 Å².